The maximum Gasteiger partial charge on any atom is 0.179 e. The van der Waals surface area contributed by atoms with Gasteiger partial charge < -0.3 is 0 Å². The van der Waals surface area contributed by atoms with Crippen molar-refractivity contribution >= 4 is 33.0 Å². The van der Waals surface area contributed by atoms with Crippen molar-refractivity contribution in [2.45, 2.75) is 44.6 Å². The Morgan fingerprint density at radius 3 is 2.85 bits per heavy atom. The van der Waals surface area contributed by atoms with Crippen LogP contribution in [-0.4, -0.2) is 15.6 Å². The number of hydrogen-bond acceptors (Lipinski definition) is 3. The Balaban J connectivity index is 1.68. The van der Waals surface area contributed by atoms with Gasteiger partial charge in [0.1, 0.15) is 0 Å². The molecule has 0 N–H and O–H groups in total. The van der Waals surface area contributed by atoms with E-state index < -0.39 is 0 Å². The van der Waals surface area contributed by atoms with Crippen LogP contribution < -0.4 is 0 Å². The van der Waals surface area contributed by atoms with Gasteiger partial charge >= 0.3 is 0 Å². The third kappa shape index (κ3) is 3.04. The molecular formula is C15H17BrN2OS. The first-order valence-corrected chi connectivity index (χ1v) is 8.71. The molecule has 0 aliphatic heterocycles. The quantitative estimate of drug-likeness (QED) is 0.751. The summed E-state index contributed by atoms with van der Waals surface area (Å²) in [7, 11) is 0. The topological polar surface area (TPSA) is 34.9 Å². The molecule has 106 valence electrons. The first kappa shape index (κ1) is 14.0. The number of aromatic nitrogens is 2. The van der Waals surface area contributed by atoms with Gasteiger partial charge in [-0.15, -0.1) is 11.3 Å². The molecule has 0 unspecified atom stereocenters. The molecule has 5 heteroatoms. The average Bonchev–Trinajstić information content (AvgIpc) is 3.09. The van der Waals surface area contributed by atoms with Gasteiger partial charge in [-0.3, -0.25) is 9.48 Å². The second-order valence-corrected chi connectivity index (χ2v) is 7.05. The highest BCUT2D eigenvalue weighted by Crippen LogP contribution is 2.28. The monoisotopic (exact) mass is 352 g/mol. The van der Waals surface area contributed by atoms with Crippen LogP contribution in [0.25, 0.3) is 0 Å². The molecule has 20 heavy (non-hydrogen) atoms. The summed E-state index contributed by atoms with van der Waals surface area (Å²) in [5.74, 6) is 0.140. The lowest BCUT2D eigenvalue weighted by Crippen LogP contribution is -2.14. The number of ketones is 1. The number of carbonyl (C=O) groups excluding carboxylic acids is 1. The lowest BCUT2D eigenvalue weighted by molar-refractivity contribution is 0.0995. The van der Waals surface area contributed by atoms with E-state index in [0.29, 0.717) is 12.5 Å². The smallest absolute Gasteiger partial charge is 0.179 e. The van der Waals surface area contributed by atoms with Crippen LogP contribution in [0.4, 0.5) is 0 Å². The minimum absolute atomic E-state index is 0.140. The van der Waals surface area contributed by atoms with E-state index in [0.717, 1.165) is 15.0 Å². The highest BCUT2D eigenvalue weighted by molar-refractivity contribution is 9.10. The van der Waals surface area contributed by atoms with Crippen LogP contribution in [-0.2, 0) is 6.42 Å². The zero-order valence-electron chi connectivity index (χ0n) is 11.2. The van der Waals surface area contributed by atoms with Gasteiger partial charge in [-0.2, -0.15) is 5.10 Å². The van der Waals surface area contributed by atoms with Gasteiger partial charge in [0.25, 0.3) is 0 Å². The number of carbonyl (C=O) groups is 1. The summed E-state index contributed by atoms with van der Waals surface area (Å²) in [4.78, 5) is 13.0. The van der Waals surface area contributed by atoms with Crippen LogP contribution in [0.1, 0.15) is 53.5 Å². The summed E-state index contributed by atoms with van der Waals surface area (Å²) < 4.78 is 2.95. The molecule has 0 aromatic carbocycles. The Morgan fingerprint density at radius 2 is 2.15 bits per heavy atom. The van der Waals surface area contributed by atoms with E-state index in [-0.39, 0.29) is 5.78 Å². The molecule has 0 radical (unpaired) electrons. The Hall–Kier alpha value is -0.940. The fourth-order valence-electron chi connectivity index (χ4n) is 2.76. The molecule has 1 saturated carbocycles. The predicted octanol–water partition coefficient (Wildman–Crippen LogP) is 4.64. The van der Waals surface area contributed by atoms with Crippen molar-refractivity contribution in [3.05, 3.63) is 38.8 Å². The summed E-state index contributed by atoms with van der Waals surface area (Å²) in [5.41, 5.74) is 0.876. The summed E-state index contributed by atoms with van der Waals surface area (Å²) in [6.45, 7) is 0. The van der Waals surface area contributed by atoms with Gasteiger partial charge in [0, 0.05) is 10.7 Å². The van der Waals surface area contributed by atoms with Gasteiger partial charge in [0.05, 0.1) is 23.0 Å². The van der Waals surface area contributed by atoms with E-state index in [2.05, 4.69) is 25.7 Å². The summed E-state index contributed by atoms with van der Waals surface area (Å²) in [6, 6.07) is 4.42. The second kappa shape index (κ2) is 6.22. The third-order valence-electron chi connectivity index (χ3n) is 3.82. The molecule has 0 spiro atoms. The molecular weight excluding hydrogens is 336 g/mol. The van der Waals surface area contributed by atoms with Crippen molar-refractivity contribution in [3.63, 3.8) is 0 Å². The van der Waals surface area contributed by atoms with Gasteiger partial charge in [0.15, 0.2) is 5.78 Å². The number of thiophene rings is 1. The predicted molar refractivity (Wildman–Crippen MR) is 84.4 cm³/mol. The molecule has 3 rings (SSSR count). The summed E-state index contributed by atoms with van der Waals surface area (Å²) in [5, 5.41) is 6.53. The minimum Gasteiger partial charge on any atom is -0.293 e. The van der Waals surface area contributed by atoms with E-state index in [4.69, 9.17) is 0 Å². The van der Waals surface area contributed by atoms with E-state index >= 15 is 0 Å². The molecule has 0 bridgehead atoms. The van der Waals surface area contributed by atoms with Crippen LogP contribution >= 0.6 is 27.3 Å². The summed E-state index contributed by atoms with van der Waals surface area (Å²) >= 11 is 4.89. The maximum absolute atomic E-state index is 12.2. The number of Topliss-reactive ketones (excluding diaryl/α,β-unsaturated/α-hetero) is 1. The average molecular weight is 353 g/mol. The van der Waals surface area contributed by atoms with Crippen LogP contribution in [0.3, 0.4) is 0 Å². The Labute approximate surface area is 131 Å². The third-order valence-corrected chi connectivity index (χ3v) is 5.70. The van der Waals surface area contributed by atoms with Crippen molar-refractivity contribution in [3.8, 4) is 0 Å². The number of rotatable bonds is 4. The highest BCUT2D eigenvalue weighted by atomic mass is 79.9. The second-order valence-electron chi connectivity index (χ2n) is 5.28. The van der Waals surface area contributed by atoms with Crippen LogP contribution in [0.15, 0.2) is 28.2 Å². The molecule has 3 nitrogen and oxygen atoms in total. The van der Waals surface area contributed by atoms with Crippen molar-refractivity contribution in [1.29, 1.82) is 0 Å². The molecule has 0 atom stereocenters. The van der Waals surface area contributed by atoms with E-state index in [1.54, 1.807) is 0 Å². The van der Waals surface area contributed by atoms with Gasteiger partial charge in [0.2, 0.25) is 0 Å². The van der Waals surface area contributed by atoms with Gasteiger partial charge in [-0.05, 0) is 46.3 Å². The molecule has 2 heterocycles. The first-order valence-electron chi connectivity index (χ1n) is 7.04. The molecule has 0 saturated heterocycles. The Morgan fingerprint density at radius 1 is 1.35 bits per heavy atom. The molecule has 1 fully saturated rings. The number of hydrogen-bond donors (Lipinski definition) is 0. The minimum atomic E-state index is 0.140. The van der Waals surface area contributed by atoms with E-state index in [1.165, 1.54) is 43.4 Å². The maximum atomic E-state index is 12.2. The SMILES string of the molecule is O=C(Cc1ccn(C2CCCCC2)n1)c1sccc1Br. The molecule has 1 aliphatic rings. The van der Waals surface area contributed by atoms with Crippen molar-refractivity contribution in [2.75, 3.05) is 0 Å². The van der Waals surface area contributed by atoms with Gasteiger partial charge in [-0.1, -0.05) is 19.3 Å². The van der Waals surface area contributed by atoms with Crippen LogP contribution in [0.2, 0.25) is 0 Å². The van der Waals surface area contributed by atoms with Crippen LogP contribution in [0.5, 0.6) is 0 Å². The lowest BCUT2D eigenvalue weighted by atomic mass is 9.96. The van der Waals surface area contributed by atoms with Crippen molar-refractivity contribution < 1.29 is 4.79 Å². The fraction of sp³-hybridized carbons (Fsp3) is 0.467. The van der Waals surface area contributed by atoms with Crippen molar-refractivity contribution in [2.24, 2.45) is 0 Å². The van der Waals surface area contributed by atoms with E-state index in [9.17, 15) is 4.79 Å². The first-order chi connectivity index (χ1) is 9.74. The van der Waals surface area contributed by atoms with Gasteiger partial charge in [-0.25, -0.2) is 0 Å². The standard InChI is InChI=1S/C15H17BrN2OS/c16-13-7-9-20-15(13)14(19)10-11-6-8-18(17-11)12-4-2-1-3-5-12/h6-9,12H,1-5,10H2. The zero-order chi connectivity index (χ0) is 13.9. The molecule has 0 amide bonds. The number of halogens is 1. The Kier molecular flexibility index (Phi) is 4.36. The van der Waals surface area contributed by atoms with Crippen molar-refractivity contribution in [1.82, 2.24) is 9.78 Å². The normalized spacial score (nSPS) is 16.4. The van der Waals surface area contributed by atoms with E-state index in [1.807, 2.05) is 23.7 Å². The molecule has 1 aliphatic carbocycles. The number of nitrogens with zero attached hydrogens (tertiary/aromatic N) is 2. The highest BCUT2D eigenvalue weighted by Gasteiger charge is 2.18. The molecule has 2 aromatic rings. The van der Waals surface area contributed by atoms with Crippen LogP contribution in [0, 0.1) is 0 Å². The Bertz CT molecular complexity index is 599. The largest absolute Gasteiger partial charge is 0.293 e. The fourth-order valence-corrected chi connectivity index (χ4v) is 4.29. The lowest BCUT2D eigenvalue weighted by Gasteiger charge is -2.21. The zero-order valence-corrected chi connectivity index (χ0v) is 13.6. The molecule has 2 aromatic heterocycles. The summed E-state index contributed by atoms with van der Waals surface area (Å²) in [6.07, 6.45) is 8.77.